The van der Waals surface area contributed by atoms with Crippen LogP contribution in [0.15, 0.2) is 54.9 Å². The van der Waals surface area contributed by atoms with Crippen molar-refractivity contribution in [2.75, 3.05) is 24.7 Å². The lowest BCUT2D eigenvalue weighted by Gasteiger charge is -2.45. The Kier molecular flexibility index (Phi) is 7.48. The minimum atomic E-state index is -0.421. The number of hydrogen-bond donors (Lipinski definition) is 0. The number of para-hydroxylation sites is 1. The fourth-order valence-electron chi connectivity index (χ4n) is 6.45. The van der Waals surface area contributed by atoms with Crippen LogP contribution >= 0.6 is 0 Å². The zero-order valence-electron chi connectivity index (χ0n) is 20.6. The summed E-state index contributed by atoms with van der Waals surface area (Å²) in [5.41, 5.74) is 1.84. The number of pyridine rings is 1. The van der Waals surface area contributed by atoms with Crippen LogP contribution in [0.25, 0.3) is 0 Å². The molecule has 0 atom stereocenters. The van der Waals surface area contributed by atoms with Crippen molar-refractivity contribution in [3.05, 3.63) is 60.4 Å². The largest absolute Gasteiger partial charge is 0.339 e. The Labute approximate surface area is 205 Å². The molecular formula is C29H40N4O. The van der Waals surface area contributed by atoms with Gasteiger partial charge in [-0.25, -0.2) is 0 Å². The SMILES string of the molecule is O=C1N(Cc2cccnc2)CN(c2ccccc2)C12CCN(C1CCCCCCCCC1)CC2. The van der Waals surface area contributed by atoms with E-state index in [9.17, 15) is 4.79 Å². The number of benzene rings is 1. The lowest BCUT2D eigenvalue weighted by molar-refractivity contribution is -0.134. The quantitative estimate of drug-likeness (QED) is 0.594. The number of anilines is 1. The van der Waals surface area contributed by atoms with E-state index in [4.69, 9.17) is 0 Å². The van der Waals surface area contributed by atoms with Crippen molar-refractivity contribution in [2.24, 2.45) is 0 Å². The Bertz CT molecular complexity index is 900. The van der Waals surface area contributed by atoms with Crippen LogP contribution in [0.2, 0.25) is 0 Å². The van der Waals surface area contributed by atoms with Crippen LogP contribution in [0.4, 0.5) is 5.69 Å². The van der Waals surface area contributed by atoms with E-state index >= 15 is 0 Å². The van der Waals surface area contributed by atoms with Crippen LogP contribution in [0.5, 0.6) is 0 Å². The molecule has 5 heteroatoms. The maximum Gasteiger partial charge on any atom is 0.250 e. The number of nitrogens with zero attached hydrogens (tertiary/aromatic N) is 4. The van der Waals surface area contributed by atoms with E-state index < -0.39 is 5.54 Å². The van der Waals surface area contributed by atoms with E-state index in [0.717, 1.165) is 37.2 Å². The standard InChI is InChI=1S/C29H40N4O/c34-28-29(17-20-31(21-18-29)26-13-7-4-2-1-3-5-8-14-26)33(27-15-9-6-10-16-27)24-32(28)23-25-12-11-19-30-22-25/h6,9-12,15-16,19,22,26H,1-5,7-8,13-14,17-18,20-21,23-24H2. The van der Waals surface area contributed by atoms with Gasteiger partial charge in [0, 0.05) is 43.8 Å². The van der Waals surface area contributed by atoms with Crippen molar-refractivity contribution in [1.82, 2.24) is 14.8 Å². The van der Waals surface area contributed by atoms with Crippen molar-refractivity contribution in [2.45, 2.75) is 88.8 Å². The number of hydrogen-bond acceptors (Lipinski definition) is 4. The summed E-state index contributed by atoms with van der Waals surface area (Å²) in [5.74, 6) is 0.297. The predicted molar refractivity (Wildman–Crippen MR) is 137 cm³/mol. The summed E-state index contributed by atoms with van der Waals surface area (Å²) in [6.45, 7) is 3.34. The molecule has 5 rings (SSSR count). The van der Waals surface area contributed by atoms with E-state index in [-0.39, 0.29) is 0 Å². The molecule has 3 fully saturated rings. The third kappa shape index (κ3) is 5.00. The molecule has 2 aliphatic heterocycles. The minimum absolute atomic E-state index is 0.297. The number of piperidine rings is 1. The molecule has 1 amide bonds. The highest BCUT2D eigenvalue weighted by Crippen LogP contribution is 2.41. The first-order chi connectivity index (χ1) is 16.8. The summed E-state index contributed by atoms with van der Waals surface area (Å²) in [4.78, 5) is 25.4. The van der Waals surface area contributed by atoms with Gasteiger partial charge in [0.25, 0.3) is 0 Å². The van der Waals surface area contributed by atoms with E-state index in [1.807, 2.05) is 17.2 Å². The molecule has 34 heavy (non-hydrogen) atoms. The molecule has 0 N–H and O–H groups in total. The van der Waals surface area contributed by atoms with Crippen molar-refractivity contribution >= 4 is 11.6 Å². The van der Waals surface area contributed by atoms with Crippen LogP contribution in [0.3, 0.4) is 0 Å². The highest BCUT2D eigenvalue weighted by molar-refractivity contribution is 5.93. The molecule has 3 aliphatic rings. The third-order valence-corrected chi connectivity index (χ3v) is 8.39. The highest BCUT2D eigenvalue weighted by atomic mass is 16.2. The van der Waals surface area contributed by atoms with Gasteiger partial charge in [0.05, 0.1) is 6.67 Å². The van der Waals surface area contributed by atoms with Gasteiger partial charge in [-0.3, -0.25) is 9.78 Å². The van der Waals surface area contributed by atoms with Crippen LogP contribution in [0.1, 0.15) is 76.2 Å². The molecule has 1 aliphatic carbocycles. The summed E-state index contributed by atoms with van der Waals surface area (Å²) in [5, 5.41) is 0. The van der Waals surface area contributed by atoms with Crippen LogP contribution in [-0.4, -0.2) is 52.0 Å². The first-order valence-electron chi connectivity index (χ1n) is 13.5. The Morgan fingerprint density at radius 3 is 2.18 bits per heavy atom. The molecule has 2 aromatic rings. The van der Waals surface area contributed by atoms with Crippen LogP contribution < -0.4 is 4.90 Å². The van der Waals surface area contributed by atoms with Gasteiger partial charge in [0.15, 0.2) is 0 Å². The molecule has 5 nitrogen and oxygen atoms in total. The number of rotatable bonds is 4. The van der Waals surface area contributed by atoms with Crippen LogP contribution in [0, 0.1) is 0 Å². The first-order valence-corrected chi connectivity index (χ1v) is 13.5. The predicted octanol–water partition coefficient (Wildman–Crippen LogP) is 5.62. The van der Waals surface area contributed by atoms with Gasteiger partial charge in [-0.15, -0.1) is 0 Å². The van der Waals surface area contributed by atoms with Crippen molar-refractivity contribution in [3.63, 3.8) is 0 Å². The molecule has 1 saturated carbocycles. The maximum absolute atomic E-state index is 14.0. The Morgan fingerprint density at radius 2 is 1.53 bits per heavy atom. The second-order valence-electron chi connectivity index (χ2n) is 10.5. The molecule has 1 spiro atoms. The van der Waals surface area contributed by atoms with Crippen LogP contribution in [-0.2, 0) is 11.3 Å². The number of amides is 1. The number of carbonyl (C=O) groups is 1. The van der Waals surface area contributed by atoms with E-state index in [1.54, 1.807) is 6.20 Å². The van der Waals surface area contributed by atoms with Gasteiger partial charge in [0.2, 0.25) is 5.91 Å². The van der Waals surface area contributed by atoms with E-state index in [1.165, 1.54) is 57.8 Å². The zero-order valence-corrected chi connectivity index (χ0v) is 20.6. The lowest BCUT2D eigenvalue weighted by atomic mass is 9.84. The Balaban J connectivity index is 1.33. The smallest absolute Gasteiger partial charge is 0.250 e. The Morgan fingerprint density at radius 1 is 0.853 bits per heavy atom. The Hall–Kier alpha value is -2.40. The number of aromatic nitrogens is 1. The topological polar surface area (TPSA) is 39.7 Å². The van der Waals surface area contributed by atoms with Crippen molar-refractivity contribution in [1.29, 1.82) is 0 Å². The molecule has 182 valence electrons. The molecule has 0 radical (unpaired) electrons. The monoisotopic (exact) mass is 460 g/mol. The highest BCUT2D eigenvalue weighted by Gasteiger charge is 2.54. The van der Waals surface area contributed by atoms with Crippen molar-refractivity contribution < 1.29 is 4.79 Å². The third-order valence-electron chi connectivity index (χ3n) is 8.39. The first kappa shape index (κ1) is 23.3. The average Bonchev–Trinajstić information content (AvgIpc) is 3.15. The minimum Gasteiger partial charge on any atom is -0.339 e. The summed E-state index contributed by atoms with van der Waals surface area (Å²) in [6.07, 6.45) is 17.9. The molecule has 0 bridgehead atoms. The maximum atomic E-state index is 14.0. The van der Waals surface area contributed by atoms with Gasteiger partial charge in [-0.05, 0) is 49.4 Å². The summed E-state index contributed by atoms with van der Waals surface area (Å²) in [6, 6.07) is 15.3. The fourth-order valence-corrected chi connectivity index (χ4v) is 6.45. The van der Waals surface area contributed by atoms with E-state index in [2.05, 4.69) is 51.2 Å². The van der Waals surface area contributed by atoms with Gasteiger partial charge in [-0.1, -0.05) is 69.2 Å². The summed E-state index contributed by atoms with van der Waals surface area (Å²) in [7, 11) is 0. The zero-order chi connectivity index (χ0) is 23.2. The summed E-state index contributed by atoms with van der Waals surface area (Å²) < 4.78 is 0. The molecule has 3 heterocycles. The number of carbonyl (C=O) groups excluding carboxylic acids is 1. The molecule has 1 aromatic heterocycles. The summed E-state index contributed by atoms with van der Waals surface area (Å²) >= 11 is 0. The number of likely N-dealkylation sites (tertiary alicyclic amines) is 1. The average molecular weight is 461 g/mol. The molecule has 2 saturated heterocycles. The fraction of sp³-hybridized carbons (Fsp3) is 0.586. The molecule has 0 unspecified atom stereocenters. The van der Waals surface area contributed by atoms with Crippen molar-refractivity contribution in [3.8, 4) is 0 Å². The van der Waals surface area contributed by atoms with Gasteiger partial charge in [0.1, 0.15) is 5.54 Å². The van der Waals surface area contributed by atoms with Gasteiger partial charge >= 0.3 is 0 Å². The molecule has 1 aromatic carbocycles. The van der Waals surface area contributed by atoms with Gasteiger partial charge in [-0.2, -0.15) is 0 Å². The lowest BCUT2D eigenvalue weighted by Crippen LogP contribution is -2.58. The second-order valence-corrected chi connectivity index (χ2v) is 10.5. The van der Waals surface area contributed by atoms with E-state index in [0.29, 0.717) is 25.2 Å². The second kappa shape index (κ2) is 10.9. The van der Waals surface area contributed by atoms with Gasteiger partial charge < -0.3 is 14.7 Å². The molecular weight excluding hydrogens is 420 g/mol. The normalized spacial score (nSPS) is 22.9.